The highest BCUT2D eigenvalue weighted by Gasteiger charge is 2.34. The number of nitrogens with zero attached hydrogens (tertiary/aromatic N) is 2. The third-order valence-electron chi connectivity index (χ3n) is 5.08. The molecule has 1 saturated heterocycles. The third-order valence-corrected chi connectivity index (χ3v) is 6.74. The maximum Gasteiger partial charge on any atom is 0.236 e. The Balaban J connectivity index is 1.80. The van der Waals surface area contributed by atoms with Crippen LogP contribution in [0.25, 0.3) is 11.5 Å². The molecule has 1 aliphatic rings. The molecular formula is C23H25FN2O5S. The summed E-state index contributed by atoms with van der Waals surface area (Å²) in [6.45, 7) is 7.17. The van der Waals surface area contributed by atoms with Gasteiger partial charge in [0.25, 0.3) is 0 Å². The number of morpholine rings is 1. The van der Waals surface area contributed by atoms with E-state index in [2.05, 4.69) is 4.98 Å². The summed E-state index contributed by atoms with van der Waals surface area (Å²) < 4.78 is 57.5. The number of benzene rings is 2. The van der Waals surface area contributed by atoms with Gasteiger partial charge >= 0.3 is 0 Å². The van der Waals surface area contributed by atoms with Crippen LogP contribution in [-0.4, -0.2) is 45.3 Å². The summed E-state index contributed by atoms with van der Waals surface area (Å²) in [4.78, 5) is 6.16. The summed E-state index contributed by atoms with van der Waals surface area (Å²) in [7, 11) is -4.05. The number of hydrogen-bond donors (Lipinski definition) is 0. The molecule has 1 aromatic heterocycles. The number of halogens is 1. The molecule has 0 saturated carbocycles. The molecule has 0 spiro atoms. The van der Waals surface area contributed by atoms with Gasteiger partial charge in [0.1, 0.15) is 11.6 Å². The predicted octanol–water partition coefficient (Wildman–Crippen LogP) is 4.33. The number of oxazole rings is 1. The predicted molar refractivity (Wildman–Crippen MR) is 117 cm³/mol. The summed E-state index contributed by atoms with van der Waals surface area (Å²) in [5.74, 6) is 0.504. The zero-order valence-corrected chi connectivity index (χ0v) is 18.9. The van der Waals surface area contributed by atoms with E-state index in [1.165, 1.54) is 12.1 Å². The van der Waals surface area contributed by atoms with Crippen LogP contribution in [0.3, 0.4) is 0 Å². The third kappa shape index (κ3) is 4.49. The van der Waals surface area contributed by atoms with Crippen molar-refractivity contribution in [1.82, 2.24) is 4.98 Å². The van der Waals surface area contributed by atoms with Crippen molar-refractivity contribution in [2.24, 2.45) is 0 Å². The second-order valence-electron chi connectivity index (χ2n) is 7.71. The smallest absolute Gasteiger partial charge is 0.236 e. The van der Waals surface area contributed by atoms with Gasteiger partial charge in [-0.15, -0.1) is 0 Å². The number of rotatable bonds is 6. The van der Waals surface area contributed by atoms with Crippen molar-refractivity contribution >= 4 is 15.7 Å². The summed E-state index contributed by atoms with van der Waals surface area (Å²) in [6, 6.07) is 11.7. The van der Waals surface area contributed by atoms with E-state index in [-0.39, 0.29) is 33.9 Å². The molecule has 32 heavy (non-hydrogen) atoms. The molecule has 2 atom stereocenters. The summed E-state index contributed by atoms with van der Waals surface area (Å²) in [6.07, 6.45) is -0.224. The zero-order valence-electron chi connectivity index (χ0n) is 18.1. The average Bonchev–Trinajstić information content (AvgIpc) is 3.21. The molecule has 1 aliphatic heterocycles. The fourth-order valence-corrected chi connectivity index (χ4v) is 5.05. The van der Waals surface area contributed by atoms with Crippen LogP contribution in [0.1, 0.15) is 20.8 Å². The summed E-state index contributed by atoms with van der Waals surface area (Å²) in [5, 5.41) is -0.200. The van der Waals surface area contributed by atoms with E-state index in [4.69, 9.17) is 13.9 Å². The first-order valence-corrected chi connectivity index (χ1v) is 11.9. The first-order valence-electron chi connectivity index (χ1n) is 10.4. The highest BCUT2D eigenvalue weighted by Crippen LogP contribution is 2.36. The van der Waals surface area contributed by atoms with Crippen molar-refractivity contribution in [2.45, 2.75) is 42.9 Å². The van der Waals surface area contributed by atoms with Crippen molar-refractivity contribution in [3.05, 3.63) is 54.3 Å². The molecule has 9 heteroatoms. The molecule has 0 bridgehead atoms. The summed E-state index contributed by atoms with van der Waals surface area (Å²) in [5.41, 5.74) is 0.615. The molecule has 0 radical (unpaired) electrons. The van der Waals surface area contributed by atoms with E-state index < -0.39 is 15.7 Å². The number of hydrogen-bond acceptors (Lipinski definition) is 7. The van der Waals surface area contributed by atoms with E-state index in [1.54, 1.807) is 24.3 Å². The molecular weight excluding hydrogens is 435 g/mol. The standard InChI is InChI=1S/C23H25FN2O5S/c1-4-29-19-9-5-17(6-10-19)21-25-22(32(27,28)20-11-7-18(24)8-12-20)23(31-21)26-13-15(2)30-16(3)14-26/h5-12,15-16H,4,13-14H2,1-3H3. The van der Waals surface area contributed by atoms with Crippen molar-refractivity contribution in [3.63, 3.8) is 0 Å². The van der Waals surface area contributed by atoms with Crippen molar-refractivity contribution < 1.29 is 26.7 Å². The Morgan fingerprint density at radius 2 is 1.69 bits per heavy atom. The van der Waals surface area contributed by atoms with Gasteiger partial charge in [-0.2, -0.15) is 4.98 Å². The molecule has 3 aromatic rings. The van der Waals surface area contributed by atoms with Crippen LogP contribution in [0.5, 0.6) is 5.75 Å². The van der Waals surface area contributed by atoms with E-state index in [0.717, 1.165) is 12.1 Å². The molecule has 4 rings (SSSR count). The zero-order chi connectivity index (χ0) is 22.9. The fourth-order valence-electron chi connectivity index (χ4n) is 3.73. The highest BCUT2D eigenvalue weighted by atomic mass is 32.2. The van der Waals surface area contributed by atoms with Crippen LogP contribution in [0.2, 0.25) is 0 Å². The molecule has 0 amide bonds. The van der Waals surface area contributed by atoms with Gasteiger partial charge in [-0.05, 0) is 69.3 Å². The van der Waals surface area contributed by atoms with E-state index >= 15 is 0 Å². The van der Waals surface area contributed by atoms with Gasteiger partial charge in [0.15, 0.2) is 0 Å². The van der Waals surface area contributed by atoms with Crippen LogP contribution in [-0.2, 0) is 14.6 Å². The van der Waals surface area contributed by atoms with Gasteiger partial charge in [0.2, 0.25) is 26.6 Å². The topological polar surface area (TPSA) is 81.9 Å². The van der Waals surface area contributed by atoms with Crippen LogP contribution >= 0.6 is 0 Å². The second-order valence-corrected chi connectivity index (χ2v) is 9.57. The molecule has 1 fully saturated rings. The molecule has 0 aliphatic carbocycles. The van der Waals surface area contributed by atoms with Crippen LogP contribution in [0.4, 0.5) is 10.3 Å². The van der Waals surface area contributed by atoms with Crippen LogP contribution < -0.4 is 9.64 Å². The molecule has 2 unspecified atom stereocenters. The fraction of sp³-hybridized carbons (Fsp3) is 0.348. The van der Waals surface area contributed by atoms with Crippen molar-refractivity contribution in [1.29, 1.82) is 0 Å². The average molecular weight is 461 g/mol. The minimum atomic E-state index is -4.05. The molecule has 0 N–H and O–H groups in total. The maximum atomic E-state index is 13.4. The Bertz CT molecular complexity index is 1170. The van der Waals surface area contributed by atoms with Crippen LogP contribution in [0, 0.1) is 5.82 Å². The lowest BCUT2D eigenvalue weighted by Gasteiger charge is -2.35. The number of sulfone groups is 1. The normalized spacial score (nSPS) is 19.2. The molecule has 7 nitrogen and oxygen atoms in total. The first kappa shape index (κ1) is 22.3. The number of anilines is 1. The molecule has 2 aromatic carbocycles. The Morgan fingerprint density at radius 1 is 1.06 bits per heavy atom. The largest absolute Gasteiger partial charge is 0.494 e. The van der Waals surface area contributed by atoms with Gasteiger partial charge in [-0.3, -0.25) is 0 Å². The van der Waals surface area contributed by atoms with Gasteiger partial charge in [0, 0.05) is 18.7 Å². The van der Waals surface area contributed by atoms with E-state index in [9.17, 15) is 12.8 Å². The highest BCUT2D eigenvalue weighted by molar-refractivity contribution is 7.91. The summed E-state index contributed by atoms with van der Waals surface area (Å²) >= 11 is 0. The Kier molecular flexibility index (Phi) is 6.21. The number of aromatic nitrogens is 1. The lowest BCUT2D eigenvalue weighted by atomic mass is 10.2. The Labute approximate surface area is 186 Å². The van der Waals surface area contributed by atoms with E-state index in [1.807, 2.05) is 25.7 Å². The van der Waals surface area contributed by atoms with Gasteiger partial charge in [-0.25, -0.2) is 12.8 Å². The Morgan fingerprint density at radius 3 is 2.28 bits per heavy atom. The molecule has 170 valence electrons. The minimum Gasteiger partial charge on any atom is -0.494 e. The van der Waals surface area contributed by atoms with Gasteiger partial charge in [-0.1, -0.05) is 0 Å². The van der Waals surface area contributed by atoms with Crippen LogP contribution in [0.15, 0.2) is 62.9 Å². The van der Waals surface area contributed by atoms with Crippen molar-refractivity contribution in [3.8, 4) is 17.2 Å². The number of ether oxygens (including phenoxy) is 2. The lowest BCUT2D eigenvalue weighted by Crippen LogP contribution is -2.45. The first-order chi connectivity index (χ1) is 15.3. The quantitative estimate of drug-likeness (QED) is 0.507. The monoisotopic (exact) mass is 460 g/mol. The Hall–Kier alpha value is -2.91. The van der Waals surface area contributed by atoms with Gasteiger partial charge < -0.3 is 18.8 Å². The SMILES string of the molecule is CCOc1ccc(-c2nc(S(=O)(=O)c3ccc(F)cc3)c(N3CC(C)OC(C)C3)o2)cc1. The minimum absolute atomic E-state index is 0.0546. The van der Waals surface area contributed by atoms with Gasteiger partial charge in [0.05, 0.1) is 23.7 Å². The molecule has 2 heterocycles. The van der Waals surface area contributed by atoms with E-state index in [0.29, 0.717) is 31.0 Å². The maximum absolute atomic E-state index is 13.4. The second kappa shape index (κ2) is 8.91. The lowest BCUT2D eigenvalue weighted by molar-refractivity contribution is -0.00657. The van der Waals surface area contributed by atoms with Crippen molar-refractivity contribution in [2.75, 3.05) is 24.6 Å².